The van der Waals surface area contributed by atoms with Crippen LogP contribution >= 0.6 is 0 Å². The Balaban J connectivity index is 2.16. The minimum atomic E-state index is -3.78. The minimum Gasteiger partial charge on any atom is -0.326 e. The summed E-state index contributed by atoms with van der Waals surface area (Å²) in [6.45, 7) is 3.10. The van der Waals surface area contributed by atoms with Crippen molar-refractivity contribution >= 4 is 38.9 Å². The molecule has 0 saturated carbocycles. The number of rotatable bonds is 6. The van der Waals surface area contributed by atoms with Gasteiger partial charge in [0.15, 0.2) is 0 Å². The number of hydrogen-bond donors (Lipinski definition) is 3. The van der Waals surface area contributed by atoms with Gasteiger partial charge in [0, 0.05) is 24.7 Å². The van der Waals surface area contributed by atoms with Crippen LogP contribution in [0.25, 0.3) is 0 Å². The summed E-state index contributed by atoms with van der Waals surface area (Å²) in [7, 11) is -3.78. The fraction of sp³-hybridized carbons (Fsp3) is 0.176. The molecule has 0 aromatic heterocycles. The van der Waals surface area contributed by atoms with Crippen molar-refractivity contribution in [2.45, 2.75) is 25.2 Å². The number of carbonyl (C=O) groups excluding carboxylic acids is 2. The first-order valence-electron chi connectivity index (χ1n) is 7.60. The van der Waals surface area contributed by atoms with Gasteiger partial charge >= 0.3 is 0 Å². The first-order chi connectivity index (χ1) is 11.8. The third-order valence-electron chi connectivity index (χ3n) is 3.20. The average molecular weight is 361 g/mol. The summed E-state index contributed by atoms with van der Waals surface area (Å²) in [5.41, 5.74) is 1.35. The van der Waals surface area contributed by atoms with Crippen molar-refractivity contribution in [2.24, 2.45) is 0 Å². The van der Waals surface area contributed by atoms with Gasteiger partial charge in [-0.15, -0.1) is 0 Å². The number of sulfonamides is 1. The maximum absolute atomic E-state index is 12.4. The van der Waals surface area contributed by atoms with E-state index >= 15 is 0 Å². The van der Waals surface area contributed by atoms with Crippen LogP contribution in [0.3, 0.4) is 0 Å². The molecule has 0 atom stereocenters. The zero-order valence-corrected chi connectivity index (χ0v) is 14.7. The molecule has 0 bridgehead atoms. The van der Waals surface area contributed by atoms with Gasteiger partial charge in [0.2, 0.25) is 11.8 Å². The lowest BCUT2D eigenvalue weighted by Crippen LogP contribution is -2.14. The molecule has 0 radical (unpaired) electrons. The summed E-state index contributed by atoms with van der Waals surface area (Å²) in [6.07, 6.45) is 0.330. The van der Waals surface area contributed by atoms with Crippen molar-refractivity contribution in [1.82, 2.24) is 0 Å². The molecule has 2 rings (SSSR count). The molecule has 0 heterocycles. The van der Waals surface area contributed by atoms with E-state index in [1.807, 2.05) is 0 Å². The van der Waals surface area contributed by atoms with E-state index in [2.05, 4.69) is 15.4 Å². The van der Waals surface area contributed by atoms with Crippen LogP contribution in [0.15, 0.2) is 53.4 Å². The molecule has 2 amide bonds. The first kappa shape index (κ1) is 18.5. The normalized spacial score (nSPS) is 10.8. The number of hydrogen-bond acceptors (Lipinski definition) is 4. The van der Waals surface area contributed by atoms with Gasteiger partial charge in [-0.05, 0) is 42.5 Å². The second-order valence-corrected chi connectivity index (χ2v) is 6.98. The Bertz CT molecular complexity index is 877. The van der Waals surface area contributed by atoms with Gasteiger partial charge in [0.25, 0.3) is 10.0 Å². The molecule has 3 N–H and O–H groups in total. The standard InChI is InChI=1S/C17H19N3O4S/c1-3-17(22)19-14-5-4-6-15(11-14)20-25(23,24)16-9-7-13(8-10-16)18-12(2)21/h4-11,20H,3H2,1-2H3,(H,18,21)(H,19,22). The van der Waals surface area contributed by atoms with Crippen molar-refractivity contribution in [1.29, 1.82) is 0 Å². The van der Waals surface area contributed by atoms with Crippen LogP contribution < -0.4 is 15.4 Å². The maximum Gasteiger partial charge on any atom is 0.261 e. The van der Waals surface area contributed by atoms with Crippen LogP contribution in [-0.2, 0) is 19.6 Å². The summed E-state index contributed by atoms with van der Waals surface area (Å²) in [6, 6.07) is 12.3. The number of anilines is 3. The zero-order chi connectivity index (χ0) is 18.4. The molecule has 0 aliphatic carbocycles. The summed E-state index contributed by atoms with van der Waals surface area (Å²) >= 11 is 0. The molecule has 0 fully saturated rings. The Morgan fingerprint density at radius 2 is 1.56 bits per heavy atom. The van der Waals surface area contributed by atoms with Crippen LogP contribution in [0.4, 0.5) is 17.1 Å². The fourth-order valence-corrected chi connectivity index (χ4v) is 3.09. The Morgan fingerprint density at radius 3 is 2.16 bits per heavy atom. The zero-order valence-electron chi connectivity index (χ0n) is 13.9. The van der Waals surface area contributed by atoms with Gasteiger partial charge < -0.3 is 10.6 Å². The number of amides is 2. The van der Waals surface area contributed by atoms with Crippen LogP contribution in [0.2, 0.25) is 0 Å². The Labute approximate surface area is 146 Å². The number of nitrogens with one attached hydrogen (secondary N) is 3. The van der Waals surface area contributed by atoms with E-state index in [1.54, 1.807) is 25.1 Å². The van der Waals surface area contributed by atoms with Crippen LogP contribution in [0.5, 0.6) is 0 Å². The van der Waals surface area contributed by atoms with Crippen molar-refractivity contribution in [3.63, 3.8) is 0 Å². The number of benzene rings is 2. The van der Waals surface area contributed by atoms with Crippen LogP contribution in [-0.4, -0.2) is 20.2 Å². The largest absolute Gasteiger partial charge is 0.326 e. The van der Waals surface area contributed by atoms with E-state index < -0.39 is 10.0 Å². The quantitative estimate of drug-likeness (QED) is 0.736. The molecule has 2 aromatic carbocycles. The Hall–Kier alpha value is -2.87. The first-order valence-corrected chi connectivity index (χ1v) is 9.09. The van der Waals surface area contributed by atoms with Gasteiger partial charge in [-0.3, -0.25) is 14.3 Å². The van der Waals surface area contributed by atoms with Crippen molar-refractivity contribution in [3.8, 4) is 0 Å². The molecule has 0 saturated heterocycles. The molecule has 132 valence electrons. The Morgan fingerprint density at radius 1 is 0.920 bits per heavy atom. The lowest BCUT2D eigenvalue weighted by Gasteiger charge is -2.11. The summed E-state index contributed by atoms with van der Waals surface area (Å²) < 4.78 is 27.3. The highest BCUT2D eigenvalue weighted by Crippen LogP contribution is 2.21. The molecule has 0 spiro atoms. The van der Waals surface area contributed by atoms with E-state index in [-0.39, 0.29) is 16.7 Å². The molecule has 8 heteroatoms. The molecule has 25 heavy (non-hydrogen) atoms. The summed E-state index contributed by atoms with van der Waals surface area (Å²) in [5.74, 6) is -0.395. The smallest absolute Gasteiger partial charge is 0.261 e. The second-order valence-electron chi connectivity index (χ2n) is 5.29. The molecular formula is C17H19N3O4S. The molecule has 0 aliphatic rings. The minimum absolute atomic E-state index is 0.0598. The van der Waals surface area contributed by atoms with Gasteiger partial charge in [-0.2, -0.15) is 0 Å². The molecular weight excluding hydrogens is 342 g/mol. The van der Waals surface area contributed by atoms with E-state index in [9.17, 15) is 18.0 Å². The highest BCUT2D eigenvalue weighted by Gasteiger charge is 2.14. The van der Waals surface area contributed by atoms with Crippen LogP contribution in [0.1, 0.15) is 20.3 Å². The molecule has 2 aromatic rings. The Kier molecular flexibility index (Phi) is 5.76. The SMILES string of the molecule is CCC(=O)Nc1cccc(NS(=O)(=O)c2ccc(NC(C)=O)cc2)c1. The van der Waals surface area contributed by atoms with Gasteiger partial charge in [0.05, 0.1) is 10.6 Å². The maximum atomic E-state index is 12.4. The molecule has 0 unspecified atom stereocenters. The third kappa shape index (κ3) is 5.32. The highest BCUT2D eigenvalue weighted by atomic mass is 32.2. The van der Waals surface area contributed by atoms with Crippen molar-refractivity contribution < 1.29 is 18.0 Å². The van der Waals surface area contributed by atoms with Crippen molar-refractivity contribution in [3.05, 3.63) is 48.5 Å². The third-order valence-corrected chi connectivity index (χ3v) is 4.60. The lowest BCUT2D eigenvalue weighted by molar-refractivity contribution is -0.116. The summed E-state index contributed by atoms with van der Waals surface area (Å²) in [5, 5.41) is 5.24. The number of carbonyl (C=O) groups is 2. The topological polar surface area (TPSA) is 104 Å². The van der Waals surface area contributed by atoms with Crippen molar-refractivity contribution in [2.75, 3.05) is 15.4 Å². The van der Waals surface area contributed by atoms with Gasteiger partial charge in [-0.1, -0.05) is 13.0 Å². The van der Waals surface area contributed by atoms with E-state index in [1.165, 1.54) is 37.3 Å². The van der Waals surface area contributed by atoms with E-state index in [4.69, 9.17) is 0 Å². The van der Waals surface area contributed by atoms with Crippen LogP contribution in [0, 0.1) is 0 Å². The summed E-state index contributed by atoms with van der Waals surface area (Å²) in [4.78, 5) is 22.5. The predicted molar refractivity (Wildman–Crippen MR) is 96.9 cm³/mol. The lowest BCUT2D eigenvalue weighted by atomic mass is 10.3. The second kappa shape index (κ2) is 7.80. The van der Waals surface area contributed by atoms with Gasteiger partial charge in [-0.25, -0.2) is 8.42 Å². The molecule has 7 nitrogen and oxygen atoms in total. The average Bonchev–Trinajstić information content (AvgIpc) is 2.54. The predicted octanol–water partition coefficient (Wildman–Crippen LogP) is 2.79. The monoisotopic (exact) mass is 361 g/mol. The molecule has 0 aliphatic heterocycles. The van der Waals surface area contributed by atoms with E-state index in [0.717, 1.165) is 0 Å². The fourth-order valence-electron chi connectivity index (χ4n) is 2.04. The highest BCUT2D eigenvalue weighted by molar-refractivity contribution is 7.92. The van der Waals surface area contributed by atoms with E-state index in [0.29, 0.717) is 23.5 Å². The van der Waals surface area contributed by atoms with Gasteiger partial charge in [0.1, 0.15) is 0 Å².